The van der Waals surface area contributed by atoms with E-state index in [1.165, 1.54) is 21.9 Å². The second-order valence-electron chi connectivity index (χ2n) is 7.19. The SMILES string of the molecule is Cc1cccnc1CN1CCc2onc(-c3cccc4ccccc34)c2C1. The number of pyridine rings is 1. The van der Waals surface area contributed by atoms with E-state index in [2.05, 4.69) is 70.5 Å². The summed E-state index contributed by atoms with van der Waals surface area (Å²) < 4.78 is 5.72. The highest BCUT2D eigenvalue weighted by atomic mass is 16.5. The predicted octanol–water partition coefficient (Wildman–Crippen LogP) is 4.76. The Balaban J connectivity index is 1.51. The molecule has 4 aromatic rings. The third-order valence-corrected chi connectivity index (χ3v) is 5.44. The van der Waals surface area contributed by atoms with Gasteiger partial charge in [-0.25, -0.2) is 0 Å². The zero-order valence-electron chi connectivity index (χ0n) is 15.4. The van der Waals surface area contributed by atoms with Crippen LogP contribution >= 0.6 is 0 Å². The molecule has 0 aliphatic carbocycles. The number of rotatable bonds is 3. The van der Waals surface area contributed by atoms with Gasteiger partial charge in [0.25, 0.3) is 0 Å². The molecule has 0 spiro atoms. The van der Waals surface area contributed by atoms with Crippen molar-refractivity contribution in [1.29, 1.82) is 0 Å². The van der Waals surface area contributed by atoms with Crippen molar-refractivity contribution in [2.45, 2.75) is 26.4 Å². The molecule has 0 radical (unpaired) electrons. The summed E-state index contributed by atoms with van der Waals surface area (Å²) in [7, 11) is 0. The average molecular weight is 355 g/mol. The Morgan fingerprint density at radius 3 is 2.85 bits per heavy atom. The van der Waals surface area contributed by atoms with Crippen molar-refractivity contribution >= 4 is 10.8 Å². The van der Waals surface area contributed by atoms with Crippen LogP contribution in [0.25, 0.3) is 22.0 Å². The van der Waals surface area contributed by atoms with Crippen molar-refractivity contribution < 1.29 is 4.52 Å². The number of hydrogen-bond acceptors (Lipinski definition) is 4. The van der Waals surface area contributed by atoms with Crippen LogP contribution in [0.15, 0.2) is 65.3 Å². The summed E-state index contributed by atoms with van der Waals surface area (Å²) >= 11 is 0. The zero-order chi connectivity index (χ0) is 18.2. The first kappa shape index (κ1) is 16.2. The minimum Gasteiger partial charge on any atom is -0.360 e. The quantitative estimate of drug-likeness (QED) is 0.531. The molecule has 27 heavy (non-hydrogen) atoms. The standard InChI is InChI=1S/C23H21N3O/c1-16-6-5-12-24-21(16)15-26-13-11-22-20(14-26)23(25-27-22)19-10-4-8-17-7-2-3-9-18(17)19/h2-10,12H,11,13-15H2,1H3. The fraction of sp³-hybridized carbons (Fsp3) is 0.217. The van der Waals surface area contributed by atoms with E-state index >= 15 is 0 Å². The lowest BCUT2D eigenvalue weighted by atomic mass is 9.97. The van der Waals surface area contributed by atoms with Gasteiger partial charge in [0.1, 0.15) is 11.5 Å². The number of hydrogen-bond donors (Lipinski definition) is 0. The third kappa shape index (κ3) is 2.92. The number of nitrogens with zero attached hydrogens (tertiary/aromatic N) is 3. The van der Waals surface area contributed by atoms with E-state index in [-0.39, 0.29) is 0 Å². The first-order chi connectivity index (χ1) is 13.3. The monoisotopic (exact) mass is 355 g/mol. The minimum absolute atomic E-state index is 0.841. The predicted molar refractivity (Wildman–Crippen MR) is 106 cm³/mol. The van der Waals surface area contributed by atoms with Gasteiger partial charge in [-0.2, -0.15) is 0 Å². The minimum atomic E-state index is 0.841. The van der Waals surface area contributed by atoms with E-state index in [0.29, 0.717) is 0 Å². The lowest BCUT2D eigenvalue weighted by Gasteiger charge is -2.26. The maximum Gasteiger partial charge on any atom is 0.143 e. The van der Waals surface area contributed by atoms with Gasteiger partial charge in [-0.05, 0) is 29.3 Å². The van der Waals surface area contributed by atoms with Crippen LogP contribution in [0.3, 0.4) is 0 Å². The molecule has 134 valence electrons. The average Bonchev–Trinajstić information content (AvgIpc) is 3.12. The number of benzene rings is 2. The zero-order valence-corrected chi connectivity index (χ0v) is 15.4. The molecule has 0 N–H and O–H groups in total. The molecule has 4 nitrogen and oxygen atoms in total. The van der Waals surface area contributed by atoms with Crippen molar-refractivity contribution in [1.82, 2.24) is 15.0 Å². The summed E-state index contributed by atoms with van der Waals surface area (Å²) in [6.45, 7) is 4.78. The Hall–Kier alpha value is -2.98. The van der Waals surface area contributed by atoms with Crippen molar-refractivity contribution in [2.75, 3.05) is 6.54 Å². The van der Waals surface area contributed by atoms with Crippen LogP contribution in [0.4, 0.5) is 0 Å². The number of aromatic nitrogens is 2. The lowest BCUT2D eigenvalue weighted by molar-refractivity contribution is 0.226. The largest absolute Gasteiger partial charge is 0.360 e. The van der Waals surface area contributed by atoms with Crippen LogP contribution in [0.2, 0.25) is 0 Å². The van der Waals surface area contributed by atoms with E-state index in [1.54, 1.807) is 0 Å². The Morgan fingerprint density at radius 1 is 1.04 bits per heavy atom. The van der Waals surface area contributed by atoms with Gasteiger partial charge in [-0.1, -0.05) is 53.7 Å². The summed E-state index contributed by atoms with van der Waals surface area (Å²) in [6.07, 6.45) is 2.76. The lowest BCUT2D eigenvalue weighted by Crippen LogP contribution is -2.30. The van der Waals surface area contributed by atoms with Crippen LogP contribution in [-0.2, 0) is 19.5 Å². The highest BCUT2D eigenvalue weighted by Gasteiger charge is 2.26. The van der Waals surface area contributed by atoms with E-state index in [9.17, 15) is 0 Å². The maximum absolute atomic E-state index is 5.72. The smallest absolute Gasteiger partial charge is 0.143 e. The maximum atomic E-state index is 5.72. The third-order valence-electron chi connectivity index (χ3n) is 5.44. The van der Waals surface area contributed by atoms with Crippen molar-refractivity contribution in [3.8, 4) is 11.3 Å². The van der Waals surface area contributed by atoms with Crippen LogP contribution in [0, 0.1) is 6.92 Å². The molecular weight excluding hydrogens is 334 g/mol. The van der Waals surface area contributed by atoms with Gasteiger partial charge in [0.2, 0.25) is 0 Å². The summed E-state index contributed by atoms with van der Waals surface area (Å²) in [5.41, 5.74) is 5.72. The number of fused-ring (bicyclic) bond motifs is 2. The summed E-state index contributed by atoms with van der Waals surface area (Å²) in [6, 6.07) is 18.9. The van der Waals surface area contributed by atoms with Crippen molar-refractivity contribution in [3.05, 3.63) is 83.4 Å². The Bertz CT molecular complexity index is 1110. The van der Waals surface area contributed by atoms with Crippen LogP contribution in [0.5, 0.6) is 0 Å². The molecule has 0 atom stereocenters. The van der Waals surface area contributed by atoms with Gasteiger partial charge in [0.05, 0.1) is 5.69 Å². The molecule has 5 rings (SSSR count). The fourth-order valence-electron chi connectivity index (χ4n) is 3.94. The van der Waals surface area contributed by atoms with E-state index in [1.807, 2.05) is 12.3 Å². The van der Waals surface area contributed by atoms with E-state index < -0.39 is 0 Å². The van der Waals surface area contributed by atoms with Crippen molar-refractivity contribution in [3.63, 3.8) is 0 Å². The van der Waals surface area contributed by atoms with Crippen LogP contribution < -0.4 is 0 Å². The molecule has 2 aromatic carbocycles. The van der Waals surface area contributed by atoms with Crippen molar-refractivity contribution in [2.24, 2.45) is 0 Å². The number of aryl methyl sites for hydroxylation is 1. The molecule has 3 heterocycles. The van der Waals surface area contributed by atoms with Crippen LogP contribution in [0.1, 0.15) is 22.6 Å². The normalized spacial score (nSPS) is 14.4. The molecule has 0 bridgehead atoms. The first-order valence-corrected chi connectivity index (χ1v) is 9.38. The summed E-state index contributed by atoms with van der Waals surface area (Å²) in [5, 5.41) is 6.90. The molecule has 4 heteroatoms. The molecule has 0 saturated carbocycles. The molecule has 0 fully saturated rings. The summed E-state index contributed by atoms with van der Waals surface area (Å²) in [4.78, 5) is 6.99. The van der Waals surface area contributed by atoms with Gasteiger partial charge in [-0.15, -0.1) is 0 Å². The first-order valence-electron chi connectivity index (χ1n) is 9.38. The van der Waals surface area contributed by atoms with Gasteiger partial charge in [-0.3, -0.25) is 9.88 Å². The second kappa shape index (κ2) is 6.63. The molecule has 0 unspecified atom stereocenters. The van der Waals surface area contributed by atoms with E-state index in [4.69, 9.17) is 4.52 Å². The molecule has 0 saturated heterocycles. The van der Waals surface area contributed by atoms with E-state index in [0.717, 1.165) is 48.8 Å². The molecular formula is C23H21N3O. The highest BCUT2D eigenvalue weighted by Crippen LogP contribution is 2.34. The van der Waals surface area contributed by atoms with Gasteiger partial charge >= 0.3 is 0 Å². The van der Waals surface area contributed by atoms with Gasteiger partial charge in [0.15, 0.2) is 0 Å². The molecule has 2 aromatic heterocycles. The molecule has 1 aliphatic heterocycles. The Labute approximate surface area is 158 Å². The topological polar surface area (TPSA) is 42.2 Å². The second-order valence-corrected chi connectivity index (χ2v) is 7.19. The fourth-order valence-corrected chi connectivity index (χ4v) is 3.94. The molecule has 0 amide bonds. The molecule has 1 aliphatic rings. The van der Waals surface area contributed by atoms with Gasteiger partial charge < -0.3 is 4.52 Å². The highest BCUT2D eigenvalue weighted by molar-refractivity contribution is 5.96. The Kier molecular flexibility index (Phi) is 3.98. The summed E-state index contributed by atoms with van der Waals surface area (Å²) in [5.74, 6) is 1.02. The van der Waals surface area contributed by atoms with Gasteiger partial charge in [0, 0.05) is 43.4 Å². The Morgan fingerprint density at radius 2 is 1.93 bits per heavy atom. The van der Waals surface area contributed by atoms with Crippen LogP contribution in [-0.4, -0.2) is 21.6 Å².